The standard InChI is InChI=1S/C29H28Cl2FN7O5/c1-13-5-20-36-28-23(29(43)39(20)9-13)17(15-6-16(27(33)42)25(41)18(30)7-15)10-37(28)11-22(40)34-19-8-21(35-26(32)24(19)31)38-3-4-44-12-14(38)2/h6-8,10,13-14,41H,3-5,9,11-12H2,1-2H3,(H2,33,42)(H,34,35,40). The molecular formula is C29H28Cl2FN7O5. The Hall–Kier alpha value is -4.20. The lowest BCUT2D eigenvalue weighted by Crippen LogP contribution is -2.44. The van der Waals surface area contributed by atoms with Crippen molar-refractivity contribution < 1.29 is 23.8 Å². The van der Waals surface area contributed by atoms with Crippen LogP contribution in [0.3, 0.4) is 0 Å². The third kappa shape index (κ3) is 5.24. The molecule has 1 fully saturated rings. The van der Waals surface area contributed by atoms with Gasteiger partial charge in [-0.05, 0) is 30.5 Å². The number of amides is 2. The Morgan fingerprint density at radius 3 is 2.73 bits per heavy atom. The van der Waals surface area contributed by atoms with Gasteiger partial charge in [0, 0.05) is 37.3 Å². The van der Waals surface area contributed by atoms with E-state index < -0.39 is 23.5 Å². The maximum Gasteiger partial charge on any atom is 0.263 e. The second-order valence-electron chi connectivity index (χ2n) is 11.1. The molecule has 0 aliphatic carbocycles. The molecule has 5 heterocycles. The monoisotopic (exact) mass is 643 g/mol. The number of pyridine rings is 1. The van der Waals surface area contributed by atoms with E-state index in [4.69, 9.17) is 38.7 Å². The predicted molar refractivity (Wildman–Crippen MR) is 163 cm³/mol. The van der Waals surface area contributed by atoms with E-state index in [-0.39, 0.29) is 56.4 Å². The number of hydrogen-bond donors (Lipinski definition) is 3. The zero-order valence-electron chi connectivity index (χ0n) is 23.7. The van der Waals surface area contributed by atoms with Crippen molar-refractivity contribution in [3.05, 3.63) is 62.1 Å². The highest BCUT2D eigenvalue weighted by Crippen LogP contribution is 2.37. The number of carbonyl (C=O) groups is 2. The molecule has 0 radical (unpaired) electrons. The summed E-state index contributed by atoms with van der Waals surface area (Å²) in [5.74, 6) is -1.83. The Balaban J connectivity index is 1.41. The van der Waals surface area contributed by atoms with E-state index in [0.29, 0.717) is 55.5 Å². The second-order valence-corrected chi connectivity index (χ2v) is 11.9. The van der Waals surface area contributed by atoms with Crippen LogP contribution in [0.1, 0.15) is 30.0 Å². The highest BCUT2D eigenvalue weighted by Gasteiger charge is 2.28. The van der Waals surface area contributed by atoms with Gasteiger partial charge in [0.1, 0.15) is 34.6 Å². The second kappa shape index (κ2) is 11.4. The molecule has 12 nitrogen and oxygen atoms in total. The first kappa shape index (κ1) is 29.9. The Morgan fingerprint density at radius 1 is 1.23 bits per heavy atom. The molecule has 2 aliphatic heterocycles. The van der Waals surface area contributed by atoms with Crippen molar-refractivity contribution >= 4 is 57.6 Å². The molecule has 2 aliphatic rings. The summed E-state index contributed by atoms with van der Waals surface area (Å²) in [6.07, 6.45) is 2.12. The minimum absolute atomic E-state index is 0.0358. The molecule has 1 aromatic carbocycles. The number of phenols is 1. The third-order valence-electron chi connectivity index (χ3n) is 7.87. The lowest BCUT2D eigenvalue weighted by Gasteiger charge is -2.34. The van der Waals surface area contributed by atoms with Crippen LogP contribution in [-0.2, 0) is 29.0 Å². The van der Waals surface area contributed by atoms with Gasteiger partial charge in [-0.25, -0.2) is 9.97 Å². The molecule has 230 valence electrons. The van der Waals surface area contributed by atoms with E-state index in [1.807, 2.05) is 18.7 Å². The Kier molecular flexibility index (Phi) is 7.72. The number of nitrogens with one attached hydrogen (secondary N) is 1. The van der Waals surface area contributed by atoms with Crippen LogP contribution in [0.25, 0.3) is 22.2 Å². The molecule has 44 heavy (non-hydrogen) atoms. The Bertz CT molecular complexity index is 1910. The van der Waals surface area contributed by atoms with E-state index >= 15 is 0 Å². The van der Waals surface area contributed by atoms with Gasteiger partial charge >= 0.3 is 0 Å². The molecule has 3 aromatic heterocycles. The number of anilines is 2. The van der Waals surface area contributed by atoms with Crippen molar-refractivity contribution in [1.82, 2.24) is 19.1 Å². The van der Waals surface area contributed by atoms with Gasteiger partial charge in [-0.1, -0.05) is 30.1 Å². The van der Waals surface area contributed by atoms with Crippen LogP contribution >= 0.6 is 23.2 Å². The fourth-order valence-corrected chi connectivity index (χ4v) is 6.12. The summed E-state index contributed by atoms with van der Waals surface area (Å²) >= 11 is 12.4. The number of primary amides is 1. The summed E-state index contributed by atoms with van der Waals surface area (Å²) in [4.78, 5) is 49.8. The van der Waals surface area contributed by atoms with Crippen LogP contribution in [-0.4, -0.2) is 61.8 Å². The van der Waals surface area contributed by atoms with Gasteiger partial charge in [0.05, 0.1) is 40.9 Å². The molecule has 0 spiro atoms. The molecule has 0 saturated carbocycles. The van der Waals surface area contributed by atoms with Gasteiger partial charge < -0.3 is 30.4 Å². The van der Waals surface area contributed by atoms with Gasteiger partial charge in [0.25, 0.3) is 11.5 Å². The minimum atomic E-state index is -0.930. The van der Waals surface area contributed by atoms with Crippen LogP contribution in [0.2, 0.25) is 10.0 Å². The highest BCUT2D eigenvalue weighted by atomic mass is 35.5. The Labute approximate surface area is 260 Å². The quantitative estimate of drug-likeness (QED) is 0.269. The number of aromatic nitrogens is 4. The van der Waals surface area contributed by atoms with Crippen LogP contribution < -0.4 is 21.5 Å². The Morgan fingerprint density at radius 2 is 2.00 bits per heavy atom. The zero-order valence-corrected chi connectivity index (χ0v) is 25.2. The number of halogens is 3. The maximum atomic E-state index is 14.8. The lowest BCUT2D eigenvalue weighted by molar-refractivity contribution is -0.116. The molecule has 6 rings (SSSR count). The summed E-state index contributed by atoms with van der Waals surface area (Å²) in [6, 6.07) is 4.17. The number of benzene rings is 1. The number of carbonyl (C=O) groups excluding carboxylic acids is 2. The maximum absolute atomic E-state index is 14.8. The van der Waals surface area contributed by atoms with Crippen molar-refractivity contribution in [2.45, 2.75) is 39.4 Å². The number of nitrogens with two attached hydrogens (primary N) is 1. The van der Waals surface area contributed by atoms with Crippen molar-refractivity contribution in [3.63, 3.8) is 0 Å². The summed E-state index contributed by atoms with van der Waals surface area (Å²) in [7, 11) is 0. The molecule has 0 bridgehead atoms. The summed E-state index contributed by atoms with van der Waals surface area (Å²) < 4.78 is 23.3. The smallest absolute Gasteiger partial charge is 0.263 e. The highest BCUT2D eigenvalue weighted by molar-refractivity contribution is 6.34. The third-order valence-corrected chi connectivity index (χ3v) is 8.52. The van der Waals surface area contributed by atoms with Crippen LogP contribution in [0, 0.1) is 11.9 Å². The number of fused-ring (bicyclic) bond motifs is 2. The number of morpholine rings is 1. The molecule has 4 aromatic rings. The lowest BCUT2D eigenvalue weighted by atomic mass is 10.0. The average Bonchev–Trinajstić information content (AvgIpc) is 3.53. The van der Waals surface area contributed by atoms with E-state index in [1.54, 1.807) is 10.8 Å². The van der Waals surface area contributed by atoms with Crippen LogP contribution in [0.5, 0.6) is 5.75 Å². The average molecular weight is 644 g/mol. The van der Waals surface area contributed by atoms with Gasteiger partial charge in [-0.2, -0.15) is 4.39 Å². The number of hydrogen-bond acceptors (Lipinski definition) is 8. The molecule has 15 heteroatoms. The molecule has 1 saturated heterocycles. The normalized spacial score (nSPS) is 18.1. The van der Waals surface area contributed by atoms with Crippen molar-refractivity contribution in [2.24, 2.45) is 11.7 Å². The van der Waals surface area contributed by atoms with E-state index in [1.165, 1.54) is 22.8 Å². The van der Waals surface area contributed by atoms with Gasteiger partial charge in [0.2, 0.25) is 11.9 Å². The summed E-state index contributed by atoms with van der Waals surface area (Å²) in [5.41, 5.74) is 5.83. The van der Waals surface area contributed by atoms with Gasteiger partial charge in [0.15, 0.2) is 0 Å². The molecule has 2 unspecified atom stereocenters. The van der Waals surface area contributed by atoms with Crippen molar-refractivity contribution in [3.8, 4) is 16.9 Å². The van der Waals surface area contributed by atoms with Gasteiger partial charge in [-0.15, -0.1) is 0 Å². The first-order valence-electron chi connectivity index (χ1n) is 13.9. The number of nitrogens with zero attached hydrogens (tertiary/aromatic N) is 5. The van der Waals surface area contributed by atoms with Crippen LogP contribution in [0.15, 0.2) is 29.2 Å². The largest absolute Gasteiger partial charge is 0.506 e. The number of rotatable bonds is 6. The summed E-state index contributed by atoms with van der Waals surface area (Å²) in [6.45, 7) is 5.46. The van der Waals surface area contributed by atoms with E-state index in [9.17, 15) is 23.9 Å². The van der Waals surface area contributed by atoms with Crippen molar-refractivity contribution in [1.29, 1.82) is 0 Å². The first-order valence-corrected chi connectivity index (χ1v) is 14.6. The minimum Gasteiger partial charge on any atom is -0.506 e. The van der Waals surface area contributed by atoms with Crippen molar-refractivity contribution in [2.75, 3.05) is 30.0 Å². The molecular weight excluding hydrogens is 616 g/mol. The fraction of sp³-hybridized carbons (Fsp3) is 0.345. The van der Waals surface area contributed by atoms with E-state index in [0.717, 1.165) is 0 Å². The van der Waals surface area contributed by atoms with Gasteiger partial charge in [-0.3, -0.25) is 19.0 Å². The molecule has 2 atom stereocenters. The molecule has 2 amide bonds. The van der Waals surface area contributed by atoms with Crippen LogP contribution in [0.4, 0.5) is 15.9 Å². The number of ether oxygens (including phenoxy) is 1. The SMILES string of the molecule is CC1Cc2nc3c(c(-c4cc(Cl)c(O)c(C(N)=O)c4)cn3CC(=O)Nc3cc(N4CCOCC4C)nc(F)c3Cl)c(=O)n2C1. The topological polar surface area (TPSA) is 158 Å². The van der Waals surface area contributed by atoms with E-state index in [2.05, 4.69) is 10.3 Å². The predicted octanol–water partition coefficient (Wildman–Crippen LogP) is 3.57. The fourth-order valence-electron chi connectivity index (χ4n) is 5.76. The summed E-state index contributed by atoms with van der Waals surface area (Å²) in [5, 5.41) is 12.6. The molecule has 4 N–H and O–H groups in total. The number of aromatic hydroxyl groups is 1. The zero-order chi connectivity index (χ0) is 31.4. The first-order chi connectivity index (χ1) is 20.9.